The Bertz CT molecular complexity index is 316. The molecule has 0 saturated carbocycles. The van der Waals surface area contributed by atoms with Crippen molar-refractivity contribution in [3.05, 3.63) is 24.0 Å². The van der Waals surface area contributed by atoms with E-state index in [1.807, 2.05) is 13.0 Å². The fourth-order valence-corrected chi connectivity index (χ4v) is 1.95. The zero-order valence-corrected chi connectivity index (χ0v) is 8.45. The van der Waals surface area contributed by atoms with Crippen molar-refractivity contribution in [3.63, 3.8) is 0 Å². The third-order valence-corrected chi connectivity index (χ3v) is 2.72. The molecule has 1 saturated heterocycles. The van der Waals surface area contributed by atoms with Crippen molar-refractivity contribution in [1.29, 1.82) is 0 Å². The molecule has 14 heavy (non-hydrogen) atoms. The van der Waals surface area contributed by atoms with E-state index in [0.29, 0.717) is 5.76 Å². The maximum absolute atomic E-state index is 11.3. The molecule has 76 valence electrons. The first-order valence-electron chi connectivity index (χ1n) is 4.83. The molecule has 2 aliphatic rings. The number of carbonyl (C=O) groups excluding carboxylic acids is 1. The first-order chi connectivity index (χ1) is 6.65. The van der Waals surface area contributed by atoms with Gasteiger partial charge in [-0.3, -0.25) is 4.79 Å². The lowest BCUT2D eigenvalue weighted by Gasteiger charge is -2.25. The third-order valence-electron chi connectivity index (χ3n) is 2.72. The SMILES string of the molecule is COC1=C[C@@]2(C=CC1=O)CCC(C)O2. The Kier molecular flexibility index (Phi) is 2.19. The van der Waals surface area contributed by atoms with Gasteiger partial charge in [0.1, 0.15) is 5.60 Å². The summed E-state index contributed by atoms with van der Waals surface area (Å²) in [5.74, 6) is 0.308. The Morgan fingerprint density at radius 2 is 2.43 bits per heavy atom. The van der Waals surface area contributed by atoms with Gasteiger partial charge in [-0.05, 0) is 38.0 Å². The lowest BCUT2D eigenvalue weighted by molar-refractivity contribution is -0.114. The summed E-state index contributed by atoms with van der Waals surface area (Å²) in [5.41, 5.74) is -0.390. The van der Waals surface area contributed by atoms with E-state index in [-0.39, 0.29) is 11.9 Å². The van der Waals surface area contributed by atoms with Crippen molar-refractivity contribution in [2.75, 3.05) is 7.11 Å². The van der Waals surface area contributed by atoms with Gasteiger partial charge < -0.3 is 9.47 Å². The van der Waals surface area contributed by atoms with E-state index in [0.717, 1.165) is 12.8 Å². The van der Waals surface area contributed by atoms with Crippen molar-refractivity contribution >= 4 is 5.78 Å². The van der Waals surface area contributed by atoms with Crippen molar-refractivity contribution in [1.82, 2.24) is 0 Å². The Labute approximate surface area is 83.4 Å². The molecule has 3 heteroatoms. The molecule has 0 aromatic rings. The maximum Gasteiger partial charge on any atom is 0.219 e. The van der Waals surface area contributed by atoms with Crippen LogP contribution in [0.1, 0.15) is 19.8 Å². The van der Waals surface area contributed by atoms with Gasteiger partial charge in [0.2, 0.25) is 5.78 Å². The van der Waals surface area contributed by atoms with E-state index >= 15 is 0 Å². The van der Waals surface area contributed by atoms with Crippen LogP contribution < -0.4 is 0 Å². The lowest BCUT2D eigenvalue weighted by atomic mass is 9.93. The molecule has 0 aromatic carbocycles. The van der Waals surface area contributed by atoms with Crippen molar-refractivity contribution in [2.24, 2.45) is 0 Å². The average Bonchev–Trinajstić information content (AvgIpc) is 2.53. The number of carbonyl (C=O) groups is 1. The van der Waals surface area contributed by atoms with Crippen LogP contribution in [0, 0.1) is 0 Å². The smallest absolute Gasteiger partial charge is 0.219 e. The van der Waals surface area contributed by atoms with E-state index in [1.165, 1.54) is 13.2 Å². The van der Waals surface area contributed by atoms with Gasteiger partial charge in [0.25, 0.3) is 0 Å². The van der Waals surface area contributed by atoms with Crippen LogP contribution in [-0.4, -0.2) is 24.6 Å². The Balaban J connectivity index is 2.26. The molecule has 0 bridgehead atoms. The highest BCUT2D eigenvalue weighted by atomic mass is 16.5. The van der Waals surface area contributed by atoms with Gasteiger partial charge in [-0.2, -0.15) is 0 Å². The van der Waals surface area contributed by atoms with Gasteiger partial charge in [0.05, 0.1) is 13.2 Å². The van der Waals surface area contributed by atoms with E-state index in [4.69, 9.17) is 9.47 Å². The highest BCUT2D eigenvalue weighted by Gasteiger charge is 2.37. The monoisotopic (exact) mass is 194 g/mol. The van der Waals surface area contributed by atoms with Gasteiger partial charge in [-0.1, -0.05) is 0 Å². The second kappa shape index (κ2) is 3.24. The second-order valence-electron chi connectivity index (χ2n) is 3.83. The number of allylic oxidation sites excluding steroid dienone is 1. The molecule has 0 N–H and O–H groups in total. The van der Waals surface area contributed by atoms with Crippen molar-refractivity contribution in [2.45, 2.75) is 31.5 Å². The third kappa shape index (κ3) is 1.48. The van der Waals surface area contributed by atoms with Crippen LogP contribution in [0.15, 0.2) is 24.0 Å². The molecule has 3 nitrogen and oxygen atoms in total. The fraction of sp³-hybridized carbons (Fsp3) is 0.545. The van der Waals surface area contributed by atoms with E-state index < -0.39 is 5.60 Å². The zero-order chi connectivity index (χ0) is 10.2. The van der Waals surface area contributed by atoms with Gasteiger partial charge in [-0.15, -0.1) is 0 Å². The fourth-order valence-electron chi connectivity index (χ4n) is 1.95. The predicted octanol–water partition coefficient (Wildman–Crippen LogP) is 1.59. The quantitative estimate of drug-likeness (QED) is 0.636. The summed E-state index contributed by atoms with van der Waals surface area (Å²) in [6.45, 7) is 2.04. The molecule has 1 fully saturated rings. The van der Waals surface area contributed by atoms with Crippen LogP contribution in [-0.2, 0) is 14.3 Å². The van der Waals surface area contributed by atoms with Crippen LogP contribution in [0.3, 0.4) is 0 Å². The van der Waals surface area contributed by atoms with Crippen LogP contribution in [0.5, 0.6) is 0 Å². The van der Waals surface area contributed by atoms with E-state index in [2.05, 4.69) is 0 Å². The van der Waals surface area contributed by atoms with E-state index in [9.17, 15) is 4.79 Å². The van der Waals surface area contributed by atoms with Gasteiger partial charge in [-0.25, -0.2) is 0 Å². The summed E-state index contributed by atoms with van der Waals surface area (Å²) >= 11 is 0. The summed E-state index contributed by atoms with van der Waals surface area (Å²) in [4.78, 5) is 11.3. The minimum Gasteiger partial charge on any atom is -0.493 e. The average molecular weight is 194 g/mol. The summed E-state index contributed by atoms with van der Waals surface area (Å²) in [6, 6.07) is 0. The number of hydrogen-bond donors (Lipinski definition) is 0. The van der Waals surface area contributed by atoms with Gasteiger partial charge in [0.15, 0.2) is 5.76 Å². The molecular weight excluding hydrogens is 180 g/mol. The molecule has 0 aromatic heterocycles. The zero-order valence-electron chi connectivity index (χ0n) is 8.45. The molecule has 2 atom stereocenters. The second-order valence-corrected chi connectivity index (χ2v) is 3.83. The molecule has 1 spiro atoms. The predicted molar refractivity (Wildman–Crippen MR) is 51.8 cm³/mol. The number of hydrogen-bond acceptors (Lipinski definition) is 3. The van der Waals surface area contributed by atoms with E-state index in [1.54, 1.807) is 6.08 Å². The summed E-state index contributed by atoms with van der Waals surface area (Å²) in [6.07, 6.45) is 7.36. The molecule has 1 unspecified atom stereocenters. The molecule has 1 aliphatic heterocycles. The number of rotatable bonds is 1. The van der Waals surface area contributed by atoms with Gasteiger partial charge in [0, 0.05) is 0 Å². The lowest BCUT2D eigenvalue weighted by Crippen LogP contribution is -2.28. The number of ether oxygens (including phenoxy) is 2. The Morgan fingerprint density at radius 1 is 1.64 bits per heavy atom. The Morgan fingerprint density at radius 3 is 3.00 bits per heavy atom. The van der Waals surface area contributed by atoms with Crippen molar-refractivity contribution < 1.29 is 14.3 Å². The minimum atomic E-state index is -0.390. The van der Waals surface area contributed by atoms with Crippen LogP contribution in [0.2, 0.25) is 0 Å². The molecular formula is C11H14O3. The molecule has 2 rings (SSSR count). The molecule has 0 amide bonds. The molecule has 1 heterocycles. The summed E-state index contributed by atoms with van der Waals surface area (Å²) in [7, 11) is 1.51. The first kappa shape index (κ1) is 9.46. The maximum atomic E-state index is 11.3. The van der Waals surface area contributed by atoms with Crippen molar-refractivity contribution in [3.8, 4) is 0 Å². The molecule has 0 radical (unpaired) electrons. The number of ketones is 1. The van der Waals surface area contributed by atoms with Gasteiger partial charge >= 0.3 is 0 Å². The highest BCUT2D eigenvalue weighted by Crippen LogP contribution is 2.35. The highest BCUT2D eigenvalue weighted by molar-refractivity contribution is 6.03. The number of methoxy groups -OCH3 is 1. The summed E-state index contributed by atoms with van der Waals surface area (Å²) in [5, 5.41) is 0. The normalized spacial score (nSPS) is 36.3. The first-order valence-corrected chi connectivity index (χ1v) is 4.83. The summed E-state index contributed by atoms with van der Waals surface area (Å²) < 4.78 is 10.8. The standard InChI is InChI=1S/C11H14O3/c1-8-3-5-11(14-8)6-4-9(12)10(7-11)13-2/h4,6-8H,3,5H2,1-2H3/t8?,11-/m0/s1. The minimum absolute atomic E-state index is 0.0821. The van der Waals surface area contributed by atoms with Crippen LogP contribution in [0.25, 0.3) is 0 Å². The Hall–Kier alpha value is -1.09. The largest absolute Gasteiger partial charge is 0.493 e. The topological polar surface area (TPSA) is 35.5 Å². The molecule has 1 aliphatic carbocycles. The van der Waals surface area contributed by atoms with Crippen LogP contribution in [0.4, 0.5) is 0 Å². The van der Waals surface area contributed by atoms with Crippen LogP contribution >= 0.6 is 0 Å².